The average molecular weight is 347 g/mol. The van der Waals surface area contributed by atoms with Crippen LogP contribution in [-0.4, -0.2) is 27.1 Å². The first kappa shape index (κ1) is 13.6. The second-order valence-electron chi connectivity index (χ2n) is 4.20. The van der Waals surface area contributed by atoms with Crippen molar-refractivity contribution in [1.29, 1.82) is 0 Å². The zero-order valence-electron chi connectivity index (χ0n) is 10.9. The van der Waals surface area contributed by atoms with Crippen LogP contribution in [0, 0.1) is 0 Å². The lowest BCUT2D eigenvalue weighted by molar-refractivity contribution is -0.118. The van der Waals surface area contributed by atoms with Crippen LogP contribution >= 0.6 is 15.9 Å². The van der Waals surface area contributed by atoms with E-state index in [4.69, 9.17) is 4.74 Å². The number of para-hydroxylation sites is 1. The zero-order chi connectivity index (χ0) is 14.7. The Hall–Kier alpha value is -2.41. The highest BCUT2D eigenvalue weighted by Crippen LogP contribution is 2.13. The maximum atomic E-state index is 11.8. The summed E-state index contributed by atoms with van der Waals surface area (Å²) in [7, 11) is 0. The Labute approximate surface area is 128 Å². The highest BCUT2D eigenvalue weighted by molar-refractivity contribution is 9.10. The molecule has 0 unspecified atom stereocenters. The monoisotopic (exact) mass is 346 g/mol. The summed E-state index contributed by atoms with van der Waals surface area (Å²) >= 11 is 3.36. The number of carbonyl (C=O) groups excluding carboxylic acids is 1. The van der Waals surface area contributed by atoms with Crippen molar-refractivity contribution in [3.8, 4) is 5.75 Å². The second kappa shape index (κ2) is 5.92. The lowest BCUT2D eigenvalue weighted by atomic mass is 10.3. The number of pyridine rings is 1. The smallest absolute Gasteiger partial charge is 0.264 e. The summed E-state index contributed by atoms with van der Waals surface area (Å²) < 4.78 is 7.70. The molecule has 1 N–H and O–H groups in total. The molecule has 3 aromatic rings. The van der Waals surface area contributed by atoms with E-state index in [0.717, 1.165) is 4.60 Å². The Morgan fingerprint density at radius 2 is 2.00 bits per heavy atom. The molecule has 0 radical (unpaired) electrons. The standard InChI is InChI=1S/C14H11BrN4O2/c15-11-7-4-8-12-16-14(18-19(11)12)17-13(20)9-21-10-5-2-1-3-6-10/h1-8H,9H2,(H,17,18,20). The topological polar surface area (TPSA) is 68.5 Å². The van der Waals surface area contributed by atoms with E-state index in [0.29, 0.717) is 11.4 Å². The minimum absolute atomic E-state index is 0.0965. The molecule has 2 heterocycles. The van der Waals surface area contributed by atoms with E-state index in [1.165, 1.54) is 0 Å². The van der Waals surface area contributed by atoms with Crippen LogP contribution < -0.4 is 10.1 Å². The summed E-state index contributed by atoms with van der Waals surface area (Å²) in [5, 5.41) is 6.78. The predicted octanol–water partition coefficient (Wildman–Crippen LogP) is 2.51. The van der Waals surface area contributed by atoms with E-state index < -0.39 is 0 Å². The SMILES string of the molecule is O=C(COc1ccccc1)Nc1nc2cccc(Br)n2n1. The Morgan fingerprint density at radius 3 is 2.76 bits per heavy atom. The third-order valence-electron chi connectivity index (χ3n) is 2.68. The van der Waals surface area contributed by atoms with E-state index in [2.05, 4.69) is 31.3 Å². The van der Waals surface area contributed by atoms with Gasteiger partial charge in [-0.15, -0.1) is 5.10 Å². The number of ether oxygens (including phenoxy) is 1. The number of nitrogens with zero attached hydrogens (tertiary/aromatic N) is 3. The number of benzene rings is 1. The molecule has 106 valence electrons. The van der Waals surface area contributed by atoms with Crippen LogP contribution in [0.1, 0.15) is 0 Å². The Kier molecular flexibility index (Phi) is 3.83. The summed E-state index contributed by atoms with van der Waals surface area (Å²) in [4.78, 5) is 16.0. The maximum Gasteiger partial charge on any atom is 0.264 e. The molecule has 2 aromatic heterocycles. The van der Waals surface area contributed by atoms with Gasteiger partial charge in [-0.25, -0.2) is 4.52 Å². The van der Waals surface area contributed by atoms with Gasteiger partial charge in [0.15, 0.2) is 12.3 Å². The molecule has 0 fully saturated rings. The number of anilines is 1. The summed E-state index contributed by atoms with van der Waals surface area (Å²) in [6, 6.07) is 14.6. The van der Waals surface area contributed by atoms with Crippen molar-refractivity contribution in [3.05, 3.63) is 53.1 Å². The van der Waals surface area contributed by atoms with Gasteiger partial charge in [0, 0.05) is 0 Å². The average Bonchev–Trinajstić information content (AvgIpc) is 2.90. The number of aromatic nitrogens is 3. The number of hydrogen-bond acceptors (Lipinski definition) is 4. The number of fused-ring (bicyclic) bond motifs is 1. The van der Waals surface area contributed by atoms with Gasteiger partial charge in [0.1, 0.15) is 10.4 Å². The van der Waals surface area contributed by atoms with E-state index >= 15 is 0 Å². The maximum absolute atomic E-state index is 11.8. The van der Waals surface area contributed by atoms with Crippen LogP contribution in [0.5, 0.6) is 5.75 Å². The van der Waals surface area contributed by atoms with Gasteiger partial charge in [0.25, 0.3) is 5.91 Å². The molecule has 1 aromatic carbocycles. The second-order valence-corrected chi connectivity index (χ2v) is 5.02. The summed E-state index contributed by atoms with van der Waals surface area (Å²) in [5.74, 6) is 0.563. The number of hydrogen-bond donors (Lipinski definition) is 1. The van der Waals surface area contributed by atoms with Crippen molar-refractivity contribution >= 4 is 33.4 Å². The predicted molar refractivity (Wildman–Crippen MR) is 81.3 cm³/mol. The van der Waals surface area contributed by atoms with Gasteiger partial charge in [0.05, 0.1) is 0 Å². The van der Waals surface area contributed by atoms with Crippen LogP contribution in [0.2, 0.25) is 0 Å². The molecule has 0 saturated carbocycles. The lowest BCUT2D eigenvalue weighted by Gasteiger charge is -2.04. The number of nitrogens with one attached hydrogen (secondary N) is 1. The van der Waals surface area contributed by atoms with Crippen molar-refractivity contribution < 1.29 is 9.53 Å². The van der Waals surface area contributed by atoms with Crippen molar-refractivity contribution in [2.45, 2.75) is 0 Å². The van der Waals surface area contributed by atoms with Gasteiger partial charge in [-0.1, -0.05) is 24.3 Å². The van der Waals surface area contributed by atoms with E-state index in [9.17, 15) is 4.79 Å². The Balaban J connectivity index is 1.65. The quantitative estimate of drug-likeness (QED) is 0.737. The molecule has 0 aliphatic rings. The van der Waals surface area contributed by atoms with Crippen LogP contribution in [0.4, 0.5) is 5.95 Å². The minimum atomic E-state index is -0.314. The van der Waals surface area contributed by atoms with Crippen LogP contribution in [0.25, 0.3) is 5.65 Å². The number of halogens is 1. The first-order valence-electron chi connectivity index (χ1n) is 6.21. The van der Waals surface area contributed by atoms with Crippen molar-refractivity contribution in [2.75, 3.05) is 11.9 Å². The fourth-order valence-corrected chi connectivity index (χ4v) is 2.17. The molecule has 1 amide bonds. The van der Waals surface area contributed by atoms with Gasteiger partial charge >= 0.3 is 0 Å². The molecule has 21 heavy (non-hydrogen) atoms. The zero-order valence-corrected chi connectivity index (χ0v) is 12.4. The highest BCUT2D eigenvalue weighted by atomic mass is 79.9. The number of amides is 1. The van der Waals surface area contributed by atoms with Crippen LogP contribution in [0.15, 0.2) is 53.1 Å². The first-order chi connectivity index (χ1) is 10.2. The van der Waals surface area contributed by atoms with Gasteiger partial charge in [-0.05, 0) is 40.2 Å². The molecule has 3 rings (SSSR count). The van der Waals surface area contributed by atoms with Gasteiger partial charge < -0.3 is 4.74 Å². The lowest BCUT2D eigenvalue weighted by Crippen LogP contribution is -2.20. The van der Waals surface area contributed by atoms with E-state index in [1.54, 1.807) is 22.7 Å². The van der Waals surface area contributed by atoms with Crippen molar-refractivity contribution in [1.82, 2.24) is 14.6 Å². The molecular weight excluding hydrogens is 336 g/mol. The van der Waals surface area contributed by atoms with E-state index in [-0.39, 0.29) is 18.5 Å². The number of carbonyl (C=O) groups is 1. The molecular formula is C14H11BrN4O2. The Bertz CT molecular complexity index is 773. The Morgan fingerprint density at radius 1 is 1.19 bits per heavy atom. The summed E-state index contributed by atoms with van der Waals surface area (Å²) in [5.41, 5.74) is 0.642. The van der Waals surface area contributed by atoms with Crippen molar-refractivity contribution in [2.24, 2.45) is 0 Å². The molecule has 0 atom stereocenters. The van der Waals surface area contributed by atoms with Crippen LogP contribution in [0.3, 0.4) is 0 Å². The molecule has 0 bridgehead atoms. The molecule has 7 heteroatoms. The molecule has 0 aliphatic heterocycles. The fourth-order valence-electron chi connectivity index (χ4n) is 1.75. The first-order valence-corrected chi connectivity index (χ1v) is 7.01. The fraction of sp³-hybridized carbons (Fsp3) is 0.0714. The third kappa shape index (κ3) is 3.19. The largest absolute Gasteiger partial charge is 0.484 e. The number of rotatable bonds is 4. The minimum Gasteiger partial charge on any atom is -0.484 e. The van der Waals surface area contributed by atoms with E-state index in [1.807, 2.05) is 30.3 Å². The van der Waals surface area contributed by atoms with Gasteiger partial charge in [-0.3, -0.25) is 10.1 Å². The highest BCUT2D eigenvalue weighted by Gasteiger charge is 2.09. The molecule has 0 aliphatic carbocycles. The normalized spacial score (nSPS) is 10.5. The third-order valence-corrected chi connectivity index (χ3v) is 3.28. The van der Waals surface area contributed by atoms with Gasteiger partial charge in [-0.2, -0.15) is 4.98 Å². The van der Waals surface area contributed by atoms with Crippen LogP contribution in [-0.2, 0) is 4.79 Å². The summed E-state index contributed by atoms with van der Waals surface area (Å²) in [6.45, 7) is -0.0965. The van der Waals surface area contributed by atoms with Crippen molar-refractivity contribution in [3.63, 3.8) is 0 Å². The van der Waals surface area contributed by atoms with Gasteiger partial charge in [0.2, 0.25) is 5.95 Å². The summed E-state index contributed by atoms with van der Waals surface area (Å²) in [6.07, 6.45) is 0. The molecule has 0 spiro atoms. The molecule has 0 saturated heterocycles. The molecule has 6 nitrogen and oxygen atoms in total.